The average molecular weight is 437 g/mol. The van der Waals surface area contributed by atoms with Gasteiger partial charge in [0, 0.05) is 34.9 Å². The number of hydrogen-bond donors (Lipinski definition) is 2. The molecule has 0 saturated carbocycles. The van der Waals surface area contributed by atoms with Crippen LogP contribution in [0.25, 0.3) is 33.3 Å². The van der Waals surface area contributed by atoms with E-state index >= 15 is 0 Å². The lowest BCUT2D eigenvalue weighted by molar-refractivity contribution is 0.531. The van der Waals surface area contributed by atoms with E-state index in [-0.39, 0.29) is 11.6 Å². The molecule has 4 aromatic rings. The monoisotopic (exact) mass is 436 g/mol. The highest BCUT2D eigenvalue weighted by Crippen LogP contribution is 2.28. The van der Waals surface area contributed by atoms with E-state index < -0.39 is 16.1 Å². The van der Waals surface area contributed by atoms with Crippen molar-refractivity contribution in [2.45, 2.75) is 45.4 Å². The van der Waals surface area contributed by atoms with Gasteiger partial charge in [-0.05, 0) is 58.4 Å². The largest absolute Gasteiger partial charge is 0.598 e. The summed E-state index contributed by atoms with van der Waals surface area (Å²) in [7, 11) is 1.74. The van der Waals surface area contributed by atoms with Gasteiger partial charge in [0.05, 0.1) is 22.6 Å². The van der Waals surface area contributed by atoms with Gasteiger partial charge in [0.2, 0.25) is 0 Å². The number of para-hydroxylation sites is 1. The number of aromatic nitrogens is 3. The topological polar surface area (TPSA) is 85.8 Å². The predicted octanol–water partition coefficient (Wildman–Crippen LogP) is 4.50. The van der Waals surface area contributed by atoms with E-state index in [1.807, 2.05) is 77.1 Å². The molecule has 31 heavy (non-hydrogen) atoms. The van der Waals surface area contributed by atoms with Gasteiger partial charge in [-0.25, -0.2) is 4.98 Å². The van der Waals surface area contributed by atoms with Gasteiger partial charge in [0.25, 0.3) is 5.56 Å². The van der Waals surface area contributed by atoms with Gasteiger partial charge < -0.3 is 9.54 Å². The van der Waals surface area contributed by atoms with Gasteiger partial charge in [-0.3, -0.25) is 9.36 Å². The first-order valence-corrected chi connectivity index (χ1v) is 11.5. The van der Waals surface area contributed by atoms with E-state index in [4.69, 9.17) is 4.98 Å². The first-order valence-electron chi connectivity index (χ1n) is 10.3. The summed E-state index contributed by atoms with van der Waals surface area (Å²) in [6, 6.07) is 13.6. The lowest BCUT2D eigenvalue weighted by Crippen LogP contribution is -2.40. The van der Waals surface area contributed by atoms with Crippen molar-refractivity contribution in [1.29, 1.82) is 0 Å². The maximum absolute atomic E-state index is 13.3. The first-order chi connectivity index (χ1) is 14.6. The van der Waals surface area contributed by atoms with Crippen molar-refractivity contribution >= 4 is 33.2 Å². The van der Waals surface area contributed by atoms with Gasteiger partial charge in [-0.2, -0.15) is 0 Å². The summed E-state index contributed by atoms with van der Waals surface area (Å²) in [5.74, 6) is 0.572. The molecule has 0 amide bonds. The van der Waals surface area contributed by atoms with Crippen LogP contribution in [0.15, 0.2) is 47.3 Å². The Balaban J connectivity index is 1.91. The van der Waals surface area contributed by atoms with E-state index in [1.54, 1.807) is 11.6 Å². The second kappa shape index (κ2) is 7.82. The summed E-state index contributed by atoms with van der Waals surface area (Å²) >= 11 is -1.25. The number of nitrogens with zero attached hydrogens (tertiary/aromatic N) is 2. The number of aryl methyl sites for hydroxylation is 1. The van der Waals surface area contributed by atoms with Crippen LogP contribution in [0.2, 0.25) is 0 Å². The third-order valence-corrected chi connectivity index (χ3v) is 7.11. The molecule has 0 aliphatic heterocycles. The molecule has 0 aliphatic rings. The zero-order chi connectivity index (χ0) is 22.5. The highest BCUT2D eigenvalue weighted by atomic mass is 32.2. The molecule has 0 aliphatic carbocycles. The number of benzene rings is 2. The van der Waals surface area contributed by atoms with Crippen LogP contribution in [-0.4, -0.2) is 23.8 Å². The minimum absolute atomic E-state index is 0.104. The number of hydrogen-bond acceptors (Lipinski definition) is 4. The second-order valence-electron chi connectivity index (χ2n) is 9.04. The van der Waals surface area contributed by atoms with Gasteiger partial charge in [0.15, 0.2) is 5.82 Å². The normalized spacial score (nSPS) is 14.3. The number of aromatic amines is 1. The maximum Gasteiger partial charge on any atom is 0.261 e. The molecule has 0 spiro atoms. The lowest BCUT2D eigenvalue weighted by Gasteiger charge is -2.27. The standard InChI is InChI=1S/C24H28N4O2S/c1-14-11-17(15(2)27-31(30)24(3,4)5)21-18(12-14)23(29)28(6)22(26-21)20-13-16-9-7-8-10-19(16)25-20/h7-13,15,25,27H,1-6H3/t15-,31-/m1/s1. The summed E-state index contributed by atoms with van der Waals surface area (Å²) in [5.41, 5.74) is 4.14. The minimum atomic E-state index is -1.25. The average Bonchev–Trinajstić information content (AvgIpc) is 3.13. The molecule has 0 unspecified atom stereocenters. The molecule has 2 atom stereocenters. The Morgan fingerprint density at radius 3 is 2.58 bits per heavy atom. The van der Waals surface area contributed by atoms with Crippen molar-refractivity contribution in [1.82, 2.24) is 19.3 Å². The molecule has 0 fully saturated rings. The minimum Gasteiger partial charge on any atom is -0.598 e. The fourth-order valence-electron chi connectivity index (χ4n) is 3.72. The van der Waals surface area contributed by atoms with Gasteiger partial charge in [0.1, 0.15) is 4.75 Å². The maximum atomic E-state index is 13.3. The van der Waals surface area contributed by atoms with Crippen molar-refractivity contribution in [2.24, 2.45) is 7.05 Å². The molecular weight excluding hydrogens is 408 g/mol. The Morgan fingerprint density at radius 2 is 1.90 bits per heavy atom. The van der Waals surface area contributed by atoms with Crippen LogP contribution < -0.4 is 10.3 Å². The Hall–Kier alpha value is -2.61. The van der Waals surface area contributed by atoms with Crippen LogP contribution in [-0.2, 0) is 18.4 Å². The lowest BCUT2D eigenvalue weighted by atomic mass is 10.0. The van der Waals surface area contributed by atoms with Crippen LogP contribution in [0.4, 0.5) is 0 Å². The quantitative estimate of drug-likeness (QED) is 0.461. The van der Waals surface area contributed by atoms with Crippen molar-refractivity contribution in [3.63, 3.8) is 0 Å². The number of fused-ring (bicyclic) bond motifs is 2. The van der Waals surface area contributed by atoms with Crippen LogP contribution in [0.5, 0.6) is 0 Å². The number of H-pyrrole nitrogens is 1. The highest BCUT2D eigenvalue weighted by molar-refractivity contribution is 7.90. The van der Waals surface area contributed by atoms with Crippen LogP contribution in [0.1, 0.15) is 44.9 Å². The number of nitrogens with one attached hydrogen (secondary N) is 2. The molecule has 0 radical (unpaired) electrons. The van der Waals surface area contributed by atoms with Crippen LogP contribution >= 0.6 is 0 Å². The van der Waals surface area contributed by atoms with E-state index in [9.17, 15) is 9.35 Å². The fourth-order valence-corrected chi connectivity index (χ4v) is 4.52. The number of rotatable bonds is 4. The van der Waals surface area contributed by atoms with Crippen LogP contribution in [0.3, 0.4) is 0 Å². The molecular formula is C24H28N4O2S. The Bertz CT molecular complexity index is 1300. The predicted molar refractivity (Wildman–Crippen MR) is 128 cm³/mol. The van der Waals surface area contributed by atoms with E-state index in [0.29, 0.717) is 16.7 Å². The molecule has 7 heteroatoms. The third kappa shape index (κ3) is 4.01. The van der Waals surface area contributed by atoms with Crippen LogP contribution in [0, 0.1) is 6.92 Å². The molecule has 2 aromatic carbocycles. The smallest absolute Gasteiger partial charge is 0.261 e. The summed E-state index contributed by atoms with van der Waals surface area (Å²) in [6.07, 6.45) is 0. The van der Waals surface area contributed by atoms with Gasteiger partial charge in [-0.15, -0.1) is 4.72 Å². The zero-order valence-corrected chi connectivity index (χ0v) is 19.6. The Labute approximate surface area is 185 Å². The summed E-state index contributed by atoms with van der Waals surface area (Å²) < 4.78 is 17.1. The molecule has 0 bridgehead atoms. The van der Waals surface area contributed by atoms with E-state index in [1.165, 1.54) is 0 Å². The molecule has 2 N–H and O–H groups in total. The second-order valence-corrected chi connectivity index (χ2v) is 11.0. The summed E-state index contributed by atoms with van der Waals surface area (Å²) in [4.78, 5) is 21.6. The molecule has 162 valence electrons. The van der Waals surface area contributed by atoms with Gasteiger partial charge in [-0.1, -0.05) is 24.3 Å². The molecule has 6 nitrogen and oxygen atoms in total. The van der Waals surface area contributed by atoms with E-state index in [2.05, 4.69) is 9.71 Å². The first kappa shape index (κ1) is 21.6. The fraction of sp³-hybridized carbons (Fsp3) is 0.333. The molecule has 2 aromatic heterocycles. The van der Waals surface area contributed by atoms with Crippen molar-refractivity contribution in [3.05, 3.63) is 63.9 Å². The van der Waals surface area contributed by atoms with Crippen molar-refractivity contribution < 1.29 is 4.55 Å². The van der Waals surface area contributed by atoms with E-state index in [0.717, 1.165) is 27.7 Å². The molecule has 2 heterocycles. The molecule has 0 saturated heterocycles. The third-order valence-electron chi connectivity index (χ3n) is 5.43. The van der Waals surface area contributed by atoms with Crippen molar-refractivity contribution in [3.8, 4) is 11.5 Å². The summed E-state index contributed by atoms with van der Waals surface area (Å²) in [6.45, 7) is 9.71. The van der Waals surface area contributed by atoms with Crippen molar-refractivity contribution in [2.75, 3.05) is 0 Å². The molecule has 4 rings (SSSR count). The van der Waals surface area contributed by atoms with Gasteiger partial charge >= 0.3 is 0 Å². The zero-order valence-electron chi connectivity index (χ0n) is 18.7. The Kier molecular flexibility index (Phi) is 5.45. The Morgan fingerprint density at radius 1 is 1.19 bits per heavy atom. The highest BCUT2D eigenvalue weighted by Gasteiger charge is 2.29. The SMILES string of the molecule is Cc1cc([C@@H](C)N[S@+]([O-])C(C)(C)C)c2nc(-c3cc4ccccc4[nH]3)n(C)c(=O)c2c1. The summed E-state index contributed by atoms with van der Waals surface area (Å²) in [5, 5.41) is 1.62.